The molecule has 0 atom stereocenters. The molecule has 2 heteroatoms. The standard InChI is InChI=1S/C50H33NO/c1-3-13-34(14-4-1)36-25-29-39(30-26-36)51(40-31-27-37(28-32-40)35-15-5-2-6-16-35)47-33-46-49-44(42-22-11-18-38-17-7-8-19-41(38)42)23-12-24-48(49)52-50(46)45-21-10-9-20-43(45)47/h1-33H. The van der Waals surface area contributed by atoms with Crippen LogP contribution in [0.2, 0.25) is 0 Å². The van der Waals surface area contributed by atoms with Crippen LogP contribution in [0.3, 0.4) is 0 Å². The third-order valence-electron chi connectivity index (χ3n) is 10.3. The first-order valence-electron chi connectivity index (χ1n) is 17.8. The summed E-state index contributed by atoms with van der Waals surface area (Å²) in [6.45, 7) is 0. The number of nitrogens with zero attached hydrogens (tertiary/aromatic N) is 1. The predicted octanol–water partition coefficient (Wildman–Crippen LogP) is 14.4. The summed E-state index contributed by atoms with van der Waals surface area (Å²) in [4.78, 5) is 2.39. The van der Waals surface area contributed by atoms with E-state index in [1.807, 2.05) is 0 Å². The summed E-state index contributed by atoms with van der Waals surface area (Å²) in [5, 5.41) is 6.88. The van der Waals surface area contributed by atoms with Crippen LogP contribution in [-0.2, 0) is 0 Å². The first kappa shape index (κ1) is 30.0. The second-order valence-corrected chi connectivity index (χ2v) is 13.3. The molecule has 0 amide bonds. The quantitative estimate of drug-likeness (QED) is 0.176. The van der Waals surface area contributed by atoms with E-state index in [1.165, 1.54) is 44.2 Å². The first-order chi connectivity index (χ1) is 25.8. The third-order valence-corrected chi connectivity index (χ3v) is 10.3. The van der Waals surface area contributed by atoms with Crippen molar-refractivity contribution in [2.75, 3.05) is 4.90 Å². The molecule has 9 aromatic carbocycles. The minimum absolute atomic E-state index is 0.883. The van der Waals surface area contributed by atoms with Gasteiger partial charge < -0.3 is 9.32 Å². The van der Waals surface area contributed by atoms with Crippen molar-refractivity contribution < 1.29 is 4.42 Å². The summed E-state index contributed by atoms with van der Waals surface area (Å²) in [7, 11) is 0. The summed E-state index contributed by atoms with van der Waals surface area (Å²) in [5.41, 5.74) is 12.2. The van der Waals surface area contributed by atoms with Crippen molar-refractivity contribution in [2.24, 2.45) is 0 Å². The second-order valence-electron chi connectivity index (χ2n) is 13.3. The molecule has 0 saturated carbocycles. The van der Waals surface area contributed by atoms with E-state index in [9.17, 15) is 0 Å². The van der Waals surface area contributed by atoms with Crippen LogP contribution in [0.1, 0.15) is 0 Å². The van der Waals surface area contributed by atoms with Gasteiger partial charge >= 0.3 is 0 Å². The molecule has 244 valence electrons. The molecule has 52 heavy (non-hydrogen) atoms. The van der Waals surface area contributed by atoms with Crippen LogP contribution in [0.25, 0.3) is 76.9 Å². The number of furan rings is 1. The molecule has 0 N–H and O–H groups in total. The molecule has 0 bridgehead atoms. The molecule has 1 aromatic heterocycles. The molecule has 0 aliphatic carbocycles. The van der Waals surface area contributed by atoms with Gasteiger partial charge in [-0.15, -0.1) is 0 Å². The van der Waals surface area contributed by atoms with Gasteiger partial charge in [-0.2, -0.15) is 0 Å². The van der Waals surface area contributed by atoms with E-state index in [0.717, 1.165) is 49.8 Å². The zero-order valence-corrected chi connectivity index (χ0v) is 28.4. The van der Waals surface area contributed by atoms with E-state index in [0.29, 0.717) is 0 Å². The number of hydrogen-bond donors (Lipinski definition) is 0. The van der Waals surface area contributed by atoms with E-state index in [-0.39, 0.29) is 0 Å². The molecule has 0 fully saturated rings. The lowest BCUT2D eigenvalue weighted by atomic mass is 9.93. The molecule has 10 rings (SSSR count). The van der Waals surface area contributed by atoms with E-state index in [1.54, 1.807) is 0 Å². The molecule has 0 unspecified atom stereocenters. The van der Waals surface area contributed by atoms with Crippen molar-refractivity contribution in [3.05, 3.63) is 200 Å². The summed E-state index contributed by atoms with van der Waals surface area (Å²) >= 11 is 0. The number of anilines is 3. The fraction of sp³-hybridized carbons (Fsp3) is 0. The average molecular weight is 664 g/mol. The number of hydrogen-bond acceptors (Lipinski definition) is 2. The maximum Gasteiger partial charge on any atom is 0.143 e. The van der Waals surface area contributed by atoms with Gasteiger partial charge in [0.05, 0.1) is 5.69 Å². The first-order valence-corrected chi connectivity index (χ1v) is 17.8. The monoisotopic (exact) mass is 663 g/mol. The van der Waals surface area contributed by atoms with Crippen molar-refractivity contribution in [3.63, 3.8) is 0 Å². The number of benzene rings is 9. The molecule has 10 aromatic rings. The van der Waals surface area contributed by atoms with E-state index in [2.05, 4.69) is 205 Å². The fourth-order valence-electron chi connectivity index (χ4n) is 7.79. The summed E-state index contributed by atoms with van der Waals surface area (Å²) in [6.07, 6.45) is 0. The molecule has 0 aliphatic heterocycles. The van der Waals surface area contributed by atoms with Crippen LogP contribution in [0.15, 0.2) is 205 Å². The minimum atomic E-state index is 0.883. The van der Waals surface area contributed by atoms with Crippen LogP contribution in [-0.4, -0.2) is 0 Å². The molecular weight excluding hydrogens is 631 g/mol. The van der Waals surface area contributed by atoms with Gasteiger partial charge in [-0.3, -0.25) is 0 Å². The Kier molecular flexibility index (Phi) is 7.18. The minimum Gasteiger partial charge on any atom is -0.455 e. The van der Waals surface area contributed by atoms with Crippen LogP contribution in [0.5, 0.6) is 0 Å². The van der Waals surface area contributed by atoms with Crippen molar-refractivity contribution in [3.8, 4) is 33.4 Å². The highest BCUT2D eigenvalue weighted by molar-refractivity contribution is 6.23. The smallest absolute Gasteiger partial charge is 0.143 e. The van der Waals surface area contributed by atoms with Gasteiger partial charge in [-0.1, -0.05) is 164 Å². The summed E-state index contributed by atoms with van der Waals surface area (Å²) < 4.78 is 6.80. The fourth-order valence-corrected chi connectivity index (χ4v) is 7.79. The lowest BCUT2D eigenvalue weighted by Crippen LogP contribution is -2.10. The maximum absolute atomic E-state index is 6.80. The normalized spacial score (nSPS) is 11.5. The third kappa shape index (κ3) is 5.04. The highest BCUT2D eigenvalue weighted by Crippen LogP contribution is 2.47. The Bertz CT molecular complexity index is 2780. The Morgan fingerprint density at radius 2 is 0.846 bits per heavy atom. The van der Waals surface area contributed by atoms with Gasteiger partial charge in [-0.25, -0.2) is 0 Å². The SMILES string of the molecule is c1ccc(-c2ccc(N(c3ccc(-c4ccccc4)cc3)c3cc4c(oc5cccc(-c6cccc7ccccc67)c54)c4ccccc34)cc2)cc1. The van der Waals surface area contributed by atoms with Gasteiger partial charge in [0.1, 0.15) is 11.2 Å². The molecule has 0 spiro atoms. The average Bonchev–Trinajstić information content (AvgIpc) is 3.61. The van der Waals surface area contributed by atoms with Gasteiger partial charge in [-0.05, 0) is 80.6 Å². The molecule has 0 aliphatic rings. The van der Waals surface area contributed by atoms with Crippen LogP contribution in [0, 0.1) is 0 Å². The van der Waals surface area contributed by atoms with E-state index >= 15 is 0 Å². The van der Waals surface area contributed by atoms with Crippen LogP contribution >= 0.6 is 0 Å². The molecule has 2 nitrogen and oxygen atoms in total. The number of fused-ring (bicyclic) bond motifs is 6. The molecule has 1 heterocycles. The Morgan fingerprint density at radius 1 is 0.346 bits per heavy atom. The topological polar surface area (TPSA) is 16.4 Å². The van der Waals surface area contributed by atoms with Crippen LogP contribution < -0.4 is 4.90 Å². The Hall–Kier alpha value is -6.90. The Labute approximate surface area is 302 Å². The highest BCUT2D eigenvalue weighted by atomic mass is 16.3. The maximum atomic E-state index is 6.80. The summed E-state index contributed by atoms with van der Waals surface area (Å²) in [6, 6.07) is 71.6. The van der Waals surface area contributed by atoms with Gasteiger partial charge in [0.15, 0.2) is 0 Å². The lowest BCUT2D eigenvalue weighted by molar-refractivity contribution is 0.673. The second kappa shape index (κ2) is 12.5. The Morgan fingerprint density at radius 3 is 1.50 bits per heavy atom. The van der Waals surface area contributed by atoms with E-state index in [4.69, 9.17) is 4.42 Å². The summed E-state index contributed by atoms with van der Waals surface area (Å²) in [5.74, 6) is 0. The van der Waals surface area contributed by atoms with Crippen molar-refractivity contribution in [1.29, 1.82) is 0 Å². The predicted molar refractivity (Wildman–Crippen MR) is 220 cm³/mol. The largest absolute Gasteiger partial charge is 0.455 e. The molecular formula is C50H33NO. The highest BCUT2D eigenvalue weighted by Gasteiger charge is 2.22. The van der Waals surface area contributed by atoms with Gasteiger partial charge in [0, 0.05) is 32.9 Å². The lowest BCUT2D eigenvalue weighted by Gasteiger charge is -2.27. The number of rotatable bonds is 6. The Balaban J connectivity index is 1.23. The van der Waals surface area contributed by atoms with Crippen molar-refractivity contribution in [2.45, 2.75) is 0 Å². The van der Waals surface area contributed by atoms with Crippen LogP contribution in [0.4, 0.5) is 17.1 Å². The zero-order chi connectivity index (χ0) is 34.4. The van der Waals surface area contributed by atoms with Crippen molar-refractivity contribution >= 4 is 60.5 Å². The molecule has 0 radical (unpaired) electrons. The van der Waals surface area contributed by atoms with E-state index < -0.39 is 0 Å². The molecule has 0 saturated heterocycles. The zero-order valence-electron chi connectivity index (χ0n) is 28.4. The van der Waals surface area contributed by atoms with Gasteiger partial charge in [0.2, 0.25) is 0 Å². The van der Waals surface area contributed by atoms with Gasteiger partial charge in [0.25, 0.3) is 0 Å². The van der Waals surface area contributed by atoms with Crippen molar-refractivity contribution in [1.82, 2.24) is 0 Å².